The van der Waals surface area contributed by atoms with Crippen LogP contribution < -0.4 is 5.32 Å². The van der Waals surface area contributed by atoms with Gasteiger partial charge in [-0.2, -0.15) is 5.10 Å². The Hall–Kier alpha value is -2.47. The summed E-state index contributed by atoms with van der Waals surface area (Å²) in [6.07, 6.45) is 3.08. The molecule has 22 heavy (non-hydrogen) atoms. The van der Waals surface area contributed by atoms with Crippen molar-refractivity contribution in [1.82, 2.24) is 20.1 Å². The zero-order chi connectivity index (χ0) is 15.5. The molecule has 5 nitrogen and oxygen atoms in total. The van der Waals surface area contributed by atoms with E-state index >= 15 is 0 Å². The molecule has 0 aliphatic heterocycles. The fraction of sp³-hybridized carbons (Fsp3) is 0.250. The molecule has 3 aromatic rings. The van der Waals surface area contributed by atoms with Crippen molar-refractivity contribution in [3.8, 4) is 11.3 Å². The fourth-order valence-corrected chi connectivity index (χ4v) is 2.34. The van der Waals surface area contributed by atoms with Crippen molar-refractivity contribution in [1.29, 1.82) is 0 Å². The Morgan fingerprint density at radius 3 is 2.86 bits per heavy atom. The van der Waals surface area contributed by atoms with E-state index < -0.39 is 0 Å². The molecule has 0 saturated carbocycles. The summed E-state index contributed by atoms with van der Waals surface area (Å²) in [6, 6.07) is 8.68. The Bertz CT molecular complexity index is 751. The van der Waals surface area contributed by atoms with Crippen molar-refractivity contribution in [2.24, 2.45) is 7.05 Å². The van der Waals surface area contributed by atoms with Gasteiger partial charge in [-0.15, -0.1) is 0 Å². The highest BCUT2D eigenvalue weighted by Crippen LogP contribution is 2.22. The van der Waals surface area contributed by atoms with Crippen molar-refractivity contribution in [3.63, 3.8) is 0 Å². The van der Waals surface area contributed by atoms with Crippen LogP contribution in [-0.2, 0) is 13.6 Å². The van der Waals surface area contributed by atoms with E-state index in [1.807, 2.05) is 26.1 Å². The predicted molar refractivity (Wildman–Crippen MR) is 80.4 cm³/mol. The van der Waals surface area contributed by atoms with Crippen LogP contribution in [0.15, 0.2) is 47.3 Å². The van der Waals surface area contributed by atoms with Crippen LogP contribution in [0.1, 0.15) is 24.4 Å². The molecule has 6 heteroatoms. The van der Waals surface area contributed by atoms with E-state index in [1.165, 1.54) is 12.4 Å². The Morgan fingerprint density at radius 1 is 1.36 bits per heavy atom. The van der Waals surface area contributed by atoms with Gasteiger partial charge in [-0.3, -0.25) is 4.68 Å². The standard InChI is InChI=1S/C16H17FN4O/c1-11(16-19-10-20-21(16)2)18-9-13-6-5-12(8-14(13)17)15-4-3-7-22-15/h3-8,10-11,18H,9H2,1-2H3. The third-order valence-electron chi connectivity index (χ3n) is 3.59. The average Bonchev–Trinajstić information content (AvgIpc) is 3.17. The van der Waals surface area contributed by atoms with E-state index in [1.54, 1.807) is 23.1 Å². The maximum atomic E-state index is 14.2. The second kappa shape index (κ2) is 6.11. The van der Waals surface area contributed by atoms with Crippen LogP contribution in [0.5, 0.6) is 0 Å². The van der Waals surface area contributed by atoms with E-state index in [-0.39, 0.29) is 11.9 Å². The normalized spacial score (nSPS) is 12.5. The number of nitrogens with one attached hydrogen (secondary N) is 1. The van der Waals surface area contributed by atoms with E-state index in [0.717, 1.165) is 11.4 Å². The molecule has 0 radical (unpaired) electrons. The first kappa shape index (κ1) is 14.5. The number of hydrogen-bond donors (Lipinski definition) is 1. The second-order valence-electron chi connectivity index (χ2n) is 5.13. The predicted octanol–water partition coefficient (Wildman–Crippen LogP) is 3.07. The Balaban J connectivity index is 1.69. The van der Waals surface area contributed by atoms with Gasteiger partial charge in [-0.25, -0.2) is 9.37 Å². The molecule has 0 bridgehead atoms. The van der Waals surface area contributed by atoms with E-state index in [2.05, 4.69) is 15.4 Å². The lowest BCUT2D eigenvalue weighted by molar-refractivity contribution is 0.504. The summed E-state index contributed by atoms with van der Waals surface area (Å²) in [5.74, 6) is 1.21. The van der Waals surface area contributed by atoms with E-state index in [0.29, 0.717) is 17.9 Å². The molecule has 0 saturated heterocycles. The molecule has 2 heterocycles. The van der Waals surface area contributed by atoms with Gasteiger partial charge in [0, 0.05) is 24.7 Å². The first-order valence-corrected chi connectivity index (χ1v) is 7.04. The van der Waals surface area contributed by atoms with Gasteiger partial charge in [-0.05, 0) is 25.1 Å². The minimum atomic E-state index is -0.258. The summed E-state index contributed by atoms with van der Waals surface area (Å²) in [5, 5.41) is 7.28. The number of nitrogens with zero attached hydrogens (tertiary/aromatic N) is 3. The zero-order valence-electron chi connectivity index (χ0n) is 12.5. The van der Waals surface area contributed by atoms with Crippen LogP contribution in [0.25, 0.3) is 11.3 Å². The van der Waals surface area contributed by atoms with Gasteiger partial charge >= 0.3 is 0 Å². The number of rotatable bonds is 5. The summed E-state index contributed by atoms with van der Waals surface area (Å²) in [4.78, 5) is 4.18. The molecule has 1 aromatic carbocycles. The molecule has 1 atom stereocenters. The largest absolute Gasteiger partial charge is 0.464 e. The molecular formula is C16H17FN4O. The summed E-state index contributed by atoms with van der Waals surface area (Å²) in [5.41, 5.74) is 1.33. The third kappa shape index (κ3) is 2.92. The lowest BCUT2D eigenvalue weighted by atomic mass is 10.1. The number of hydrogen-bond acceptors (Lipinski definition) is 4. The lowest BCUT2D eigenvalue weighted by Gasteiger charge is -2.13. The topological polar surface area (TPSA) is 55.9 Å². The smallest absolute Gasteiger partial charge is 0.143 e. The lowest BCUT2D eigenvalue weighted by Crippen LogP contribution is -2.21. The van der Waals surface area contributed by atoms with Crippen LogP contribution >= 0.6 is 0 Å². The number of aromatic nitrogens is 3. The Kier molecular flexibility index (Phi) is 4.02. The van der Waals surface area contributed by atoms with Crippen molar-refractivity contribution < 1.29 is 8.81 Å². The number of halogens is 1. The summed E-state index contributed by atoms with van der Waals surface area (Å²) >= 11 is 0. The van der Waals surface area contributed by atoms with Crippen LogP contribution in [0, 0.1) is 5.82 Å². The molecule has 1 unspecified atom stereocenters. The fourth-order valence-electron chi connectivity index (χ4n) is 2.34. The van der Waals surface area contributed by atoms with Gasteiger partial charge in [-0.1, -0.05) is 12.1 Å². The highest BCUT2D eigenvalue weighted by atomic mass is 19.1. The molecule has 114 valence electrons. The molecule has 1 N–H and O–H groups in total. The van der Waals surface area contributed by atoms with E-state index in [4.69, 9.17) is 4.42 Å². The molecular weight excluding hydrogens is 283 g/mol. The van der Waals surface area contributed by atoms with E-state index in [9.17, 15) is 4.39 Å². The van der Waals surface area contributed by atoms with Crippen LogP contribution in [0.4, 0.5) is 4.39 Å². The number of benzene rings is 1. The first-order valence-electron chi connectivity index (χ1n) is 7.04. The van der Waals surface area contributed by atoms with Gasteiger partial charge in [0.15, 0.2) is 0 Å². The molecule has 0 amide bonds. The van der Waals surface area contributed by atoms with Gasteiger partial charge < -0.3 is 9.73 Å². The molecule has 0 aliphatic rings. The van der Waals surface area contributed by atoms with Crippen molar-refractivity contribution in [2.45, 2.75) is 19.5 Å². The van der Waals surface area contributed by atoms with Crippen molar-refractivity contribution in [3.05, 3.63) is 60.1 Å². The minimum absolute atomic E-state index is 0.0170. The second-order valence-corrected chi connectivity index (χ2v) is 5.13. The van der Waals surface area contributed by atoms with Gasteiger partial charge in [0.05, 0.1) is 12.3 Å². The average molecular weight is 300 g/mol. The maximum Gasteiger partial charge on any atom is 0.143 e. The highest BCUT2D eigenvalue weighted by molar-refractivity contribution is 5.57. The third-order valence-corrected chi connectivity index (χ3v) is 3.59. The van der Waals surface area contributed by atoms with Crippen LogP contribution in [0.3, 0.4) is 0 Å². The quantitative estimate of drug-likeness (QED) is 0.787. The maximum absolute atomic E-state index is 14.2. The Morgan fingerprint density at radius 2 is 2.23 bits per heavy atom. The zero-order valence-corrected chi connectivity index (χ0v) is 12.5. The number of furan rings is 1. The molecule has 0 fully saturated rings. The summed E-state index contributed by atoms with van der Waals surface area (Å²) < 4.78 is 21.2. The van der Waals surface area contributed by atoms with Gasteiger partial charge in [0.25, 0.3) is 0 Å². The minimum Gasteiger partial charge on any atom is -0.464 e. The van der Waals surface area contributed by atoms with Gasteiger partial charge in [0.2, 0.25) is 0 Å². The highest BCUT2D eigenvalue weighted by Gasteiger charge is 2.12. The van der Waals surface area contributed by atoms with Crippen molar-refractivity contribution in [2.75, 3.05) is 0 Å². The summed E-state index contributed by atoms with van der Waals surface area (Å²) in [6.45, 7) is 2.39. The molecule has 0 aliphatic carbocycles. The van der Waals surface area contributed by atoms with Gasteiger partial charge in [0.1, 0.15) is 23.7 Å². The van der Waals surface area contributed by atoms with Crippen LogP contribution in [-0.4, -0.2) is 14.8 Å². The molecule has 2 aromatic heterocycles. The summed E-state index contributed by atoms with van der Waals surface area (Å²) in [7, 11) is 1.83. The van der Waals surface area contributed by atoms with Crippen LogP contribution in [0.2, 0.25) is 0 Å². The number of aryl methyl sites for hydroxylation is 1. The monoisotopic (exact) mass is 300 g/mol. The Labute approximate surface area is 127 Å². The SMILES string of the molecule is CC(NCc1ccc(-c2ccco2)cc1F)c1ncnn1C. The first-order chi connectivity index (χ1) is 10.6. The van der Waals surface area contributed by atoms with Crippen molar-refractivity contribution >= 4 is 0 Å². The molecule has 0 spiro atoms. The molecule has 3 rings (SSSR count).